The summed E-state index contributed by atoms with van der Waals surface area (Å²) in [6.07, 6.45) is -0.361. The Morgan fingerprint density at radius 3 is 3.00 bits per heavy atom. The van der Waals surface area contributed by atoms with Crippen LogP contribution in [0.1, 0.15) is 10.5 Å². The first-order valence-corrected chi connectivity index (χ1v) is 4.35. The maximum atomic E-state index is 11.4. The number of hydrogen-bond donors (Lipinski definition) is 1. The molecule has 6 heteroatoms. The highest BCUT2D eigenvalue weighted by atomic mass is 32.1. The summed E-state index contributed by atoms with van der Waals surface area (Å²) < 4.78 is 3.58. The van der Waals surface area contributed by atoms with Crippen LogP contribution in [0.15, 0.2) is 5.38 Å². The molecular formula is C6H7N3O2S. The molecule has 1 saturated heterocycles. The number of amides is 1. The third-order valence-electron chi connectivity index (χ3n) is 1.73. The number of aromatic nitrogens is 2. The summed E-state index contributed by atoms with van der Waals surface area (Å²) in [6, 6.07) is 0. The predicted molar refractivity (Wildman–Crippen MR) is 41.8 cm³/mol. The van der Waals surface area contributed by atoms with Crippen LogP contribution in [0.25, 0.3) is 0 Å². The molecule has 0 atom stereocenters. The van der Waals surface area contributed by atoms with E-state index in [2.05, 4.69) is 9.59 Å². The Kier molecular flexibility index (Phi) is 1.78. The van der Waals surface area contributed by atoms with E-state index in [9.17, 15) is 4.79 Å². The number of carbonyl (C=O) groups is 1. The highest BCUT2D eigenvalue weighted by Crippen LogP contribution is 2.11. The van der Waals surface area contributed by atoms with Crippen LogP contribution < -0.4 is 0 Å². The van der Waals surface area contributed by atoms with Gasteiger partial charge in [0, 0.05) is 18.5 Å². The van der Waals surface area contributed by atoms with Gasteiger partial charge in [0.2, 0.25) is 0 Å². The third-order valence-corrected chi connectivity index (χ3v) is 2.23. The summed E-state index contributed by atoms with van der Waals surface area (Å²) in [5.74, 6) is -0.144. The average molecular weight is 185 g/mol. The quantitative estimate of drug-likeness (QED) is 0.631. The van der Waals surface area contributed by atoms with Crippen LogP contribution in [0.2, 0.25) is 0 Å². The van der Waals surface area contributed by atoms with Crippen molar-refractivity contribution in [2.24, 2.45) is 0 Å². The number of aliphatic hydroxyl groups is 1. The molecule has 2 heterocycles. The number of rotatable bonds is 1. The molecule has 1 aliphatic rings. The van der Waals surface area contributed by atoms with Crippen LogP contribution in [-0.4, -0.2) is 44.7 Å². The Bertz CT molecular complexity index is 281. The second-order valence-corrected chi connectivity index (χ2v) is 3.26. The second-order valence-electron chi connectivity index (χ2n) is 2.65. The lowest BCUT2D eigenvalue weighted by atomic mass is 10.1. The van der Waals surface area contributed by atoms with Crippen molar-refractivity contribution in [1.29, 1.82) is 0 Å². The molecule has 1 fully saturated rings. The molecule has 1 amide bonds. The van der Waals surface area contributed by atoms with Gasteiger partial charge in [-0.1, -0.05) is 4.49 Å². The van der Waals surface area contributed by atoms with Gasteiger partial charge in [-0.05, 0) is 11.5 Å². The lowest BCUT2D eigenvalue weighted by molar-refractivity contribution is 0.00550. The van der Waals surface area contributed by atoms with Crippen molar-refractivity contribution >= 4 is 17.4 Å². The minimum Gasteiger partial charge on any atom is -0.389 e. The van der Waals surface area contributed by atoms with Crippen LogP contribution in [0.5, 0.6) is 0 Å². The topological polar surface area (TPSA) is 66.3 Å². The van der Waals surface area contributed by atoms with Crippen LogP contribution >= 0.6 is 11.5 Å². The number of β-amino-alcohol motifs (C(OH)–C–C–N with tert-alkyl or cyclic N) is 1. The molecule has 0 aromatic carbocycles. The standard InChI is InChI=1S/C6H7N3O2S/c10-4-1-9(2-4)6(11)5-3-12-8-7-5/h3-4,10H,1-2H2. The maximum Gasteiger partial charge on any atom is 0.275 e. The van der Waals surface area contributed by atoms with Gasteiger partial charge in [-0.15, -0.1) is 5.10 Å². The first-order chi connectivity index (χ1) is 5.77. The van der Waals surface area contributed by atoms with Gasteiger partial charge in [-0.3, -0.25) is 4.79 Å². The fraction of sp³-hybridized carbons (Fsp3) is 0.500. The monoisotopic (exact) mass is 185 g/mol. The largest absolute Gasteiger partial charge is 0.389 e. The third kappa shape index (κ3) is 1.19. The normalized spacial score (nSPS) is 17.6. The highest BCUT2D eigenvalue weighted by molar-refractivity contribution is 7.03. The SMILES string of the molecule is O=C(c1csnn1)N1CC(O)C1. The summed E-state index contributed by atoms with van der Waals surface area (Å²) in [4.78, 5) is 12.9. The van der Waals surface area contributed by atoms with Crippen LogP contribution in [-0.2, 0) is 0 Å². The van der Waals surface area contributed by atoms with E-state index in [-0.39, 0.29) is 12.0 Å². The van der Waals surface area contributed by atoms with E-state index in [0.29, 0.717) is 18.8 Å². The van der Waals surface area contributed by atoms with E-state index in [4.69, 9.17) is 5.11 Å². The van der Waals surface area contributed by atoms with Gasteiger partial charge in [-0.2, -0.15) is 0 Å². The number of likely N-dealkylation sites (tertiary alicyclic amines) is 1. The molecule has 0 saturated carbocycles. The summed E-state index contributed by atoms with van der Waals surface area (Å²) in [6.45, 7) is 0.826. The second kappa shape index (κ2) is 2.80. The predicted octanol–water partition coefficient (Wildman–Crippen LogP) is -0.645. The molecule has 1 aromatic heterocycles. The summed E-state index contributed by atoms with van der Waals surface area (Å²) in [5.41, 5.74) is 0.368. The van der Waals surface area contributed by atoms with Crippen molar-refractivity contribution in [3.8, 4) is 0 Å². The van der Waals surface area contributed by atoms with Crippen LogP contribution in [0.4, 0.5) is 0 Å². The lowest BCUT2D eigenvalue weighted by Crippen LogP contribution is -2.53. The molecule has 0 radical (unpaired) electrons. The molecule has 1 N–H and O–H groups in total. The first kappa shape index (κ1) is 7.63. The van der Waals surface area contributed by atoms with E-state index in [1.54, 1.807) is 10.3 Å². The molecule has 2 rings (SSSR count). The van der Waals surface area contributed by atoms with Gasteiger partial charge in [0.25, 0.3) is 5.91 Å². The zero-order chi connectivity index (χ0) is 8.55. The van der Waals surface area contributed by atoms with E-state index in [1.165, 1.54) is 0 Å². The number of aliphatic hydroxyl groups excluding tert-OH is 1. The van der Waals surface area contributed by atoms with Gasteiger partial charge < -0.3 is 10.0 Å². The summed E-state index contributed by atoms with van der Waals surface area (Å²) in [5, 5.41) is 14.2. The average Bonchev–Trinajstić information content (AvgIpc) is 2.49. The Morgan fingerprint density at radius 2 is 2.50 bits per heavy atom. The minimum atomic E-state index is -0.361. The fourth-order valence-electron chi connectivity index (χ4n) is 1.04. The molecule has 5 nitrogen and oxygen atoms in total. The molecule has 0 bridgehead atoms. The Balaban J connectivity index is 2.03. The number of nitrogens with zero attached hydrogens (tertiary/aromatic N) is 3. The van der Waals surface area contributed by atoms with Crippen molar-refractivity contribution in [2.75, 3.05) is 13.1 Å². The zero-order valence-corrected chi connectivity index (χ0v) is 6.99. The van der Waals surface area contributed by atoms with Crippen molar-refractivity contribution in [2.45, 2.75) is 6.10 Å². The Hall–Kier alpha value is -1.01. The number of hydrogen-bond acceptors (Lipinski definition) is 5. The molecular weight excluding hydrogens is 178 g/mol. The van der Waals surface area contributed by atoms with Crippen molar-refractivity contribution < 1.29 is 9.90 Å². The van der Waals surface area contributed by atoms with Crippen molar-refractivity contribution in [3.05, 3.63) is 11.1 Å². The highest BCUT2D eigenvalue weighted by Gasteiger charge is 2.30. The van der Waals surface area contributed by atoms with Crippen LogP contribution in [0, 0.1) is 0 Å². The molecule has 0 spiro atoms. The van der Waals surface area contributed by atoms with E-state index in [0.717, 1.165) is 11.5 Å². The van der Waals surface area contributed by atoms with Gasteiger partial charge in [0.05, 0.1) is 6.10 Å². The van der Waals surface area contributed by atoms with Crippen molar-refractivity contribution in [1.82, 2.24) is 14.5 Å². The molecule has 1 aliphatic heterocycles. The maximum absolute atomic E-state index is 11.4. The lowest BCUT2D eigenvalue weighted by Gasteiger charge is -2.35. The number of carbonyl (C=O) groups excluding carboxylic acids is 1. The van der Waals surface area contributed by atoms with E-state index < -0.39 is 0 Å². The van der Waals surface area contributed by atoms with E-state index in [1.807, 2.05) is 0 Å². The zero-order valence-electron chi connectivity index (χ0n) is 6.17. The van der Waals surface area contributed by atoms with Crippen LogP contribution in [0.3, 0.4) is 0 Å². The smallest absolute Gasteiger partial charge is 0.275 e. The van der Waals surface area contributed by atoms with Gasteiger partial charge in [0.1, 0.15) is 0 Å². The molecule has 12 heavy (non-hydrogen) atoms. The Morgan fingerprint density at radius 1 is 1.75 bits per heavy atom. The molecule has 0 unspecified atom stereocenters. The Labute approximate surface area is 72.8 Å². The van der Waals surface area contributed by atoms with Crippen molar-refractivity contribution in [3.63, 3.8) is 0 Å². The van der Waals surface area contributed by atoms with Gasteiger partial charge in [0.15, 0.2) is 5.69 Å². The molecule has 1 aromatic rings. The molecule has 64 valence electrons. The van der Waals surface area contributed by atoms with Gasteiger partial charge >= 0.3 is 0 Å². The molecule has 0 aliphatic carbocycles. The van der Waals surface area contributed by atoms with Gasteiger partial charge in [-0.25, -0.2) is 0 Å². The summed E-state index contributed by atoms with van der Waals surface area (Å²) in [7, 11) is 0. The summed E-state index contributed by atoms with van der Waals surface area (Å²) >= 11 is 1.15. The van der Waals surface area contributed by atoms with E-state index >= 15 is 0 Å². The fourth-order valence-corrected chi connectivity index (χ4v) is 1.47. The first-order valence-electron chi connectivity index (χ1n) is 3.52. The minimum absolute atomic E-state index is 0.144.